The second-order valence-corrected chi connectivity index (χ2v) is 4.89. The Morgan fingerprint density at radius 2 is 2.11 bits per heavy atom. The first-order valence-corrected chi connectivity index (χ1v) is 5.86. The van der Waals surface area contributed by atoms with Crippen LogP contribution in [0.2, 0.25) is 0 Å². The molecule has 0 aromatic carbocycles. The Balaban J connectivity index is 2.91. The van der Waals surface area contributed by atoms with Gasteiger partial charge in [0.25, 0.3) is 0 Å². The molecule has 104 valence electrons. The summed E-state index contributed by atoms with van der Waals surface area (Å²) in [5.74, 6) is 0.0392. The van der Waals surface area contributed by atoms with E-state index in [2.05, 4.69) is 15.6 Å². The third-order valence-corrected chi connectivity index (χ3v) is 2.75. The molecule has 0 saturated carbocycles. The molecule has 1 aromatic heterocycles. The van der Waals surface area contributed by atoms with Gasteiger partial charge in [-0.3, -0.25) is 14.9 Å². The third-order valence-electron chi connectivity index (χ3n) is 2.75. The van der Waals surface area contributed by atoms with E-state index in [0.717, 1.165) is 0 Å². The second kappa shape index (κ2) is 5.64. The second-order valence-electron chi connectivity index (χ2n) is 4.89. The van der Waals surface area contributed by atoms with Crippen LogP contribution in [0, 0.1) is 22.5 Å². The van der Waals surface area contributed by atoms with Crippen molar-refractivity contribution in [3.8, 4) is 0 Å². The third kappa shape index (κ3) is 3.64. The maximum atomic E-state index is 11.6. The highest BCUT2D eigenvalue weighted by Gasteiger charge is 2.27. The van der Waals surface area contributed by atoms with E-state index >= 15 is 0 Å². The van der Waals surface area contributed by atoms with Gasteiger partial charge in [0.1, 0.15) is 0 Å². The van der Waals surface area contributed by atoms with Crippen molar-refractivity contribution in [3.63, 3.8) is 0 Å². The van der Waals surface area contributed by atoms with Gasteiger partial charge < -0.3 is 10.6 Å². The van der Waals surface area contributed by atoms with Gasteiger partial charge in [-0.1, -0.05) is 0 Å². The van der Waals surface area contributed by atoms with Crippen LogP contribution in [0.1, 0.15) is 19.5 Å². The van der Waals surface area contributed by atoms with Gasteiger partial charge in [-0.25, -0.2) is 4.98 Å². The van der Waals surface area contributed by atoms with Gasteiger partial charge in [-0.15, -0.1) is 0 Å². The lowest BCUT2D eigenvalue weighted by molar-refractivity contribution is -0.384. The summed E-state index contributed by atoms with van der Waals surface area (Å²) in [4.78, 5) is 26.1. The summed E-state index contributed by atoms with van der Waals surface area (Å²) >= 11 is 0. The molecule has 1 rings (SSSR count). The summed E-state index contributed by atoms with van der Waals surface area (Å²) < 4.78 is 0. The van der Waals surface area contributed by atoms with E-state index in [1.807, 2.05) is 0 Å². The minimum atomic E-state index is -0.686. The van der Waals surface area contributed by atoms with Crippen molar-refractivity contribution in [3.05, 3.63) is 27.9 Å². The highest BCUT2D eigenvalue weighted by Crippen LogP contribution is 2.24. The van der Waals surface area contributed by atoms with Gasteiger partial charge in [-0.2, -0.15) is 0 Å². The van der Waals surface area contributed by atoms with Gasteiger partial charge in [0, 0.05) is 25.4 Å². The van der Waals surface area contributed by atoms with E-state index in [4.69, 9.17) is 0 Å². The summed E-state index contributed by atoms with van der Waals surface area (Å²) in [6.07, 6.45) is 0. The highest BCUT2D eigenvalue weighted by atomic mass is 16.6. The molecule has 0 aliphatic heterocycles. The molecule has 0 fully saturated rings. The van der Waals surface area contributed by atoms with Crippen LogP contribution in [0.4, 0.5) is 11.5 Å². The minimum absolute atomic E-state index is 0.0988. The number of nitro groups is 1. The lowest BCUT2D eigenvalue weighted by Gasteiger charge is -2.23. The van der Waals surface area contributed by atoms with Crippen molar-refractivity contribution >= 4 is 17.4 Å². The molecule has 0 saturated heterocycles. The Morgan fingerprint density at radius 1 is 1.47 bits per heavy atom. The minimum Gasteiger partial charge on any atom is -0.363 e. The first-order valence-electron chi connectivity index (χ1n) is 5.86. The number of hydrogen-bond donors (Lipinski definition) is 2. The van der Waals surface area contributed by atoms with Gasteiger partial charge in [0.2, 0.25) is 11.7 Å². The summed E-state index contributed by atoms with van der Waals surface area (Å²) in [6, 6.07) is 2.98. The molecular weight excluding hydrogens is 248 g/mol. The topological polar surface area (TPSA) is 97.2 Å². The Hall–Kier alpha value is -2.18. The molecule has 2 N–H and O–H groups in total. The summed E-state index contributed by atoms with van der Waals surface area (Å²) in [5.41, 5.74) is -0.113. The Bertz CT molecular complexity index is 500. The zero-order valence-corrected chi connectivity index (χ0v) is 11.5. The number of pyridine rings is 1. The summed E-state index contributed by atoms with van der Waals surface area (Å²) in [7, 11) is 1.55. The summed E-state index contributed by atoms with van der Waals surface area (Å²) in [5, 5.41) is 16.3. The average molecular weight is 266 g/mol. The quantitative estimate of drug-likeness (QED) is 0.621. The lowest BCUT2D eigenvalue weighted by Crippen LogP contribution is -2.39. The van der Waals surface area contributed by atoms with E-state index < -0.39 is 10.3 Å². The molecular formula is C12H18N4O3. The van der Waals surface area contributed by atoms with Crippen molar-refractivity contribution in [2.45, 2.75) is 20.8 Å². The number of anilines is 1. The van der Waals surface area contributed by atoms with E-state index in [-0.39, 0.29) is 24.0 Å². The van der Waals surface area contributed by atoms with Crippen molar-refractivity contribution in [1.82, 2.24) is 10.3 Å². The van der Waals surface area contributed by atoms with Gasteiger partial charge in [-0.05, 0) is 26.8 Å². The average Bonchev–Trinajstić information content (AvgIpc) is 2.35. The number of rotatable bonds is 5. The predicted octanol–water partition coefficient (Wildman–Crippen LogP) is 1.48. The number of amides is 1. The van der Waals surface area contributed by atoms with E-state index in [0.29, 0.717) is 5.69 Å². The molecule has 19 heavy (non-hydrogen) atoms. The molecule has 0 radical (unpaired) electrons. The van der Waals surface area contributed by atoms with E-state index in [9.17, 15) is 14.9 Å². The molecule has 0 atom stereocenters. The highest BCUT2D eigenvalue weighted by molar-refractivity contribution is 5.82. The SMILES string of the molecule is CNC(=O)C(C)(C)CNc1nc(C)ccc1[N+](=O)[O-]. The first kappa shape index (κ1) is 14.9. The van der Waals surface area contributed by atoms with Crippen LogP contribution in [-0.4, -0.2) is 29.4 Å². The van der Waals surface area contributed by atoms with Crippen LogP contribution in [0.5, 0.6) is 0 Å². The molecule has 0 bridgehead atoms. The first-order chi connectivity index (χ1) is 8.77. The fourth-order valence-corrected chi connectivity index (χ4v) is 1.55. The zero-order chi connectivity index (χ0) is 14.6. The fraction of sp³-hybridized carbons (Fsp3) is 0.500. The maximum Gasteiger partial charge on any atom is 0.311 e. The van der Waals surface area contributed by atoms with Crippen LogP contribution in [-0.2, 0) is 4.79 Å². The van der Waals surface area contributed by atoms with Crippen molar-refractivity contribution in [1.29, 1.82) is 0 Å². The molecule has 7 nitrogen and oxygen atoms in total. The Kier molecular flexibility index (Phi) is 4.42. The largest absolute Gasteiger partial charge is 0.363 e. The predicted molar refractivity (Wildman–Crippen MR) is 72.0 cm³/mol. The lowest BCUT2D eigenvalue weighted by atomic mass is 9.92. The molecule has 1 heterocycles. The monoisotopic (exact) mass is 266 g/mol. The Morgan fingerprint density at radius 3 is 2.63 bits per heavy atom. The van der Waals surface area contributed by atoms with Gasteiger partial charge >= 0.3 is 5.69 Å². The molecule has 7 heteroatoms. The molecule has 0 aliphatic rings. The number of carbonyl (C=O) groups is 1. The molecule has 1 aromatic rings. The molecule has 0 spiro atoms. The van der Waals surface area contributed by atoms with Crippen LogP contribution in [0.25, 0.3) is 0 Å². The number of aryl methyl sites for hydroxylation is 1. The van der Waals surface area contributed by atoms with E-state index in [1.165, 1.54) is 6.07 Å². The molecule has 1 amide bonds. The normalized spacial score (nSPS) is 10.9. The number of nitrogens with zero attached hydrogens (tertiary/aromatic N) is 2. The number of hydrogen-bond acceptors (Lipinski definition) is 5. The summed E-state index contributed by atoms with van der Waals surface area (Å²) in [6.45, 7) is 5.50. The van der Waals surface area contributed by atoms with Crippen LogP contribution >= 0.6 is 0 Å². The molecule has 0 aliphatic carbocycles. The van der Waals surface area contributed by atoms with Crippen molar-refractivity contribution < 1.29 is 9.72 Å². The maximum absolute atomic E-state index is 11.6. The van der Waals surface area contributed by atoms with Crippen LogP contribution < -0.4 is 10.6 Å². The van der Waals surface area contributed by atoms with Crippen molar-refractivity contribution in [2.75, 3.05) is 18.9 Å². The Labute approximate surface area is 111 Å². The number of carbonyl (C=O) groups excluding carboxylic acids is 1. The fourth-order valence-electron chi connectivity index (χ4n) is 1.55. The van der Waals surface area contributed by atoms with Crippen LogP contribution in [0.3, 0.4) is 0 Å². The molecule has 0 unspecified atom stereocenters. The van der Waals surface area contributed by atoms with E-state index in [1.54, 1.807) is 33.9 Å². The number of nitrogens with one attached hydrogen (secondary N) is 2. The zero-order valence-electron chi connectivity index (χ0n) is 11.5. The van der Waals surface area contributed by atoms with Gasteiger partial charge in [0.15, 0.2) is 0 Å². The van der Waals surface area contributed by atoms with Crippen molar-refractivity contribution in [2.24, 2.45) is 5.41 Å². The number of aromatic nitrogens is 1. The standard InChI is InChI=1S/C12H18N4O3/c1-8-5-6-9(16(18)19)10(15-8)14-7-12(2,3)11(17)13-4/h5-6H,7H2,1-4H3,(H,13,17)(H,14,15). The van der Waals surface area contributed by atoms with Crippen LogP contribution in [0.15, 0.2) is 12.1 Å². The van der Waals surface area contributed by atoms with Gasteiger partial charge in [0.05, 0.1) is 10.3 Å². The smallest absolute Gasteiger partial charge is 0.311 e.